The first-order valence-corrected chi connectivity index (χ1v) is 8.60. The maximum Gasteiger partial charge on any atom is 0.305 e. The quantitative estimate of drug-likeness (QED) is 0.496. The maximum atomic E-state index is 13.1. The molecule has 5 atom stereocenters. The van der Waals surface area contributed by atoms with Crippen molar-refractivity contribution in [1.29, 1.82) is 0 Å². The Kier molecular flexibility index (Phi) is 3.63. The second kappa shape index (κ2) is 5.72. The molecule has 1 aromatic rings. The number of nitrogen functional groups attached to an aromatic ring is 1. The smallest absolute Gasteiger partial charge is 0.305 e. The zero-order chi connectivity index (χ0) is 17.7. The number of anilines is 1. The number of nitrogens with zero attached hydrogens (tertiary/aromatic N) is 1. The molecule has 6 heteroatoms. The molecule has 5 unspecified atom stereocenters. The van der Waals surface area contributed by atoms with Gasteiger partial charge in [0.1, 0.15) is 0 Å². The van der Waals surface area contributed by atoms with Crippen LogP contribution in [0.1, 0.15) is 30.9 Å². The Hall–Kier alpha value is -2.63. The number of likely N-dealkylation sites (tertiary alicyclic amines) is 1. The lowest BCUT2D eigenvalue weighted by Crippen LogP contribution is -2.38. The molecule has 1 aliphatic heterocycles. The number of carboxylic acids is 1. The second-order valence-corrected chi connectivity index (χ2v) is 7.17. The van der Waals surface area contributed by atoms with E-state index in [0.29, 0.717) is 11.3 Å². The third kappa shape index (κ3) is 2.44. The number of hydrogen-bond acceptors (Lipinski definition) is 4. The zero-order valence-corrected chi connectivity index (χ0v) is 13.7. The van der Waals surface area contributed by atoms with Gasteiger partial charge in [-0.25, -0.2) is 0 Å². The summed E-state index contributed by atoms with van der Waals surface area (Å²) in [4.78, 5) is 38.7. The SMILES string of the molecule is Nc1ccc(C(CC(=O)O)N2C(=O)C3C4C=CC(CC4)C3C2=O)cc1. The van der Waals surface area contributed by atoms with Crippen molar-refractivity contribution in [2.75, 3.05) is 5.73 Å². The molecule has 6 nitrogen and oxygen atoms in total. The van der Waals surface area contributed by atoms with Gasteiger partial charge in [0, 0.05) is 5.69 Å². The number of carboxylic acid groups (broad SMARTS) is 1. The molecule has 1 saturated heterocycles. The summed E-state index contributed by atoms with van der Waals surface area (Å²) >= 11 is 0. The van der Waals surface area contributed by atoms with Crippen molar-refractivity contribution < 1.29 is 19.5 Å². The maximum absolute atomic E-state index is 13.1. The first-order chi connectivity index (χ1) is 12.0. The molecule has 5 rings (SSSR count). The zero-order valence-electron chi connectivity index (χ0n) is 13.7. The monoisotopic (exact) mass is 340 g/mol. The Morgan fingerprint density at radius 2 is 1.60 bits per heavy atom. The van der Waals surface area contributed by atoms with Crippen LogP contribution in [-0.4, -0.2) is 27.8 Å². The van der Waals surface area contributed by atoms with Crippen molar-refractivity contribution >= 4 is 23.5 Å². The molecule has 3 aliphatic carbocycles. The van der Waals surface area contributed by atoms with Crippen LogP contribution in [0.4, 0.5) is 5.69 Å². The number of allylic oxidation sites excluding steroid dienone is 2. The van der Waals surface area contributed by atoms with E-state index >= 15 is 0 Å². The number of benzene rings is 1. The summed E-state index contributed by atoms with van der Waals surface area (Å²) in [5.74, 6) is -1.98. The van der Waals surface area contributed by atoms with Crippen LogP contribution in [0.5, 0.6) is 0 Å². The van der Waals surface area contributed by atoms with Crippen molar-refractivity contribution in [3.8, 4) is 0 Å². The molecular formula is C19H20N2O4. The van der Waals surface area contributed by atoms with E-state index in [-0.39, 0.29) is 41.9 Å². The van der Waals surface area contributed by atoms with Gasteiger partial charge in [-0.15, -0.1) is 0 Å². The van der Waals surface area contributed by atoms with Gasteiger partial charge in [0.2, 0.25) is 11.8 Å². The number of aliphatic carboxylic acids is 1. The summed E-state index contributed by atoms with van der Waals surface area (Å²) in [6.45, 7) is 0. The Morgan fingerprint density at radius 3 is 2.04 bits per heavy atom. The molecule has 0 spiro atoms. The number of imide groups is 1. The summed E-state index contributed by atoms with van der Waals surface area (Å²) in [5, 5.41) is 9.32. The molecule has 130 valence electrons. The normalized spacial score (nSPS) is 31.3. The van der Waals surface area contributed by atoms with E-state index in [2.05, 4.69) is 12.2 Å². The molecule has 3 N–H and O–H groups in total. The van der Waals surface area contributed by atoms with Crippen molar-refractivity contribution in [3.05, 3.63) is 42.0 Å². The first kappa shape index (κ1) is 15.9. The minimum Gasteiger partial charge on any atom is -0.481 e. The van der Waals surface area contributed by atoms with E-state index in [1.807, 2.05) is 0 Å². The van der Waals surface area contributed by atoms with Crippen molar-refractivity contribution in [2.24, 2.45) is 23.7 Å². The van der Waals surface area contributed by atoms with Gasteiger partial charge >= 0.3 is 5.97 Å². The van der Waals surface area contributed by atoms with E-state index in [0.717, 1.165) is 12.8 Å². The Morgan fingerprint density at radius 1 is 1.08 bits per heavy atom. The lowest BCUT2D eigenvalue weighted by Gasteiger charge is -2.38. The van der Waals surface area contributed by atoms with E-state index < -0.39 is 12.0 Å². The van der Waals surface area contributed by atoms with Gasteiger partial charge < -0.3 is 10.8 Å². The van der Waals surface area contributed by atoms with Crippen LogP contribution in [0.2, 0.25) is 0 Å². The summed E-state index contributed by atoms with van der Waals surface area (Å²) in [5.41, 5.74) is 6.88. The summed E-state index contributed by atoms with van der Waals surface area (Å²) in [6.07, 6.45) is 5.64. The van der Waals surface area contributed by atoms with E-state index in [9.17, 15) is 19.5 Å². The highest BCUT2D eigenvalue weighted by Gasteiger charge is 2.58. The molecule has 0 radical (unpaired) electrons. The summed E-state index contributed by atoms with van der Waals surface area (Å²) in [6, 6.07) is 5.92. The van der Waals surface area contributed by atoms with Gasteiger partial charge in [0.25, 0.3) is 0 Å². The Bertz CT molecular complexity index is 738. The van der Waals surface area contributed by atoms with Gasteiger partial charge in [-0.1, -0.05) is 24.3 Å². The molecule has 0 aromatic heterocycles. The lowest BCUT2D eigenvalue weighted by atomic mass is 9.63. The van der Waals surface area contributed by atoms with Gasteiger partial charge in [-0.3, -0.25) is 19.3 Å². The summed E-state index contributed by atoms with van der Waals surface area (Å²) in [7, 11) is 0. The third-order valence-corrected chi connectivity index (χ3v) is 5.79. The van der Waals surface area contributed by atoms with Crippen LogP contribution in [0, 0.1) is 23.7 Å². The minimum absolute atomic E-state index is 0.0911. The Labute approximate surface area is 145 Å². The fourth-order valence-electron chi connectivity index (χ4n) is 4.65. The van der Waals surface area contributed by atoms with Crippen LogP contribution in [0.25, 0.3) is 0 Å². The van der Waals surface area contributed by atoms with Crippen LogP contribution in [-0.2, 0) is 14.4 Å². The van der Waals surface area contributed by atoms with E-state index in [4.69, 9.17) is 5.73 Å². The molecule has 2 fully saturated rings. The van der Waals surface area contributed by atoms with E-state index in [1.54, 1.807) is 24.3 Å². The van der Waals surface area contributed by atoms with Crippen LogP contribution < -0.4 is 5.73 Å². The number of hydrogen-bond donors (Lipinski definition) is 2. The predicted octanol–water partition coefficient (Wildman–Crippen LogP) is 1.98. The third-order valence-electron chi connectivity index (χ3n) is 5.79. The van der Waals surface area contributed by atoms with Gasteiger partial charge in [-0.05, 0) is 42.4 Å². The highest BCUT2D eigenvalue weighted by atomic mass is 16.4. The number of carbonyl (C=O) groups is 3. The van der Waals surface area contributed by atoms with Gasteiger partial charge in [0.15, 0.2) is 0 Å². The standard InChI is InChI=1S/C19H20N2O4/c20-13-7-5-10(6-8-13)14(9-15(22)23)21-18(24)16-11-1-2-12(4-3-11)17(16)19(21)25/h1-2,5-8,11-12,14,16-17H,3-4,9,20H2,(H,22,23). The van der Waals surface area contributed by atoms with Crippen LogP contribution >= 0.6 is 0 Å². The van der Waals surface area contributed by atoms with Crippen molar-refractivity contribution in [3.63, 3.8) is 0 Å². The number of amides is 2. The molecule has 2 amide bonds. The fraction of sp³-hybridized carbons (Fsp3) is 0.421. The molecule has 2 bridgehead atoms. The highest BCUT2D eigenvalue weighted by Crippen LogP contribution is 2.51. The second-order valence-electron chi connectivity index (χ2n) is 7.17. The fourth-order valence-corrected chi connectivity index (χ4v) is 4.65. The molecule has 4 aliphatic rings. The summed E-state index contributed by atoms with van der Waals surface area (Å²) < 4.78 is 0. The van der Waals surface area contributed by atoms with Crippen molar-refractivity contribution in [1.82, 2.24) is 4.90 Å². The minimum atomic E-state index is -1.04. The van der Waals surface area contributed by atoms with Crippen molar-refractivity contribution in [2.45, 2.75) is 25.3 Å². The molecule has 1 saturated carbocycles. The number of rotatable bonds is 4. The lowest BCUT2D eigenvalue weighted by molar-refractivity contribution is -0.146. The van der Waals surface area contributed by atoms with E-state index in [1.165, 1.54) is 4.90 Å². The number of nitrogens with two attached hydrogens (primary N) is 1. The molecular weight excluding hydrogens is 320 g/mol. The first-order valence-electron chi connectivity index (χ1n) is 8.60. The average Bonchev–Trinajstić information content (AvgIpc) is 2.88. The van der Waals surface area contributed by atoms with Gasteiger partial charge in [0.05, 0.1) is 24.3 Å². The average molecular weight is 340 g/mol. The number of carbonyl (C=O) groups excluding carboxylic acids is 2. The highest BCUT2D eigenvalue weighted by molar-refractivity contribution is 6.06. The largest absolute Gasteiger partial charge is 0.481 e. The van der Waals surface area contributed by atoms with Gasteiger partial charge in [-0.2, -0.15) is 0 Å². The molecule has 1 aromatic carbocycles. The number of fused-ring (bicyclic) bond motifs is 1. The Balaban J connectivity index is 1.72. The van der Waals surface area contributed by atoms with Crippen LogP contribution in [0.3, 0.4) is 0 Å². The molecule has 1 heterocycles. The molecule has 25 heavy (non-hydrogen) atoms. The topological polar surface area (TPSA) is 101 Å². The predicted molar refractivity (Wildman–Crippen MR) is 90.0 cm³/mol. The van der Waals surface area contributed by atoms with Crippen LogP contribution in [0.15, 0.2) is 36.4 Å².